The Hall–Kier alpha value is -1.39. The largest absolute Gasteiger partial charge is 0.481 e. The summed E-state index contributed by atoms with van der Waals surface area (Å²) in [6, 6.07) is 0. The summed E-state index contributed by atoms with van der Waals surface area (Å²) in [5, 5.41) is 15.5. The van der Waals surface area contributed by atoms with Gasteiger partial charge in [0.05, 0.1) is 0 Å². The van der Waals surface area contributed by atoms with Gasteiger partial charge in [0.25, 0.3) is 5.97 Å². The Morgan fingerprint density at radius 2 is 1.33 bits per heavy atom. The van der Waals surface area contributed by atoms with Crippen molar-refractivity contribution in [2.45, 2.75) is 20.8 Å². The maximum absolute atomic E-state index is 10.2. The molecular formula is C7H12O5. The van der Waals surface area contributed by atoms with Gasteiger partial charge in [-0.1, -0.05) is 0 Å². The zero-order chi connectivity index (χ0) is 10.3. The standard InChI is InChI=1S/C5H8O3.C2H4O2/c1-3(4(2)6)5(7)8;1-2(3)4/h3H,1-2H3,(H,7,8);1H3,(H,3,4). The smallest absolute Gasteiger partial charge is 0.313 e. The van der Waals surface area contributed by atoms with Gasteiger partial charge in [-0.2, -0.15) is 0 Å². The van der Waals surface area contributed by atoms with Crippen LogP contribution in [-0.4, -0.2) is 27.9 Å². The van der Waals surface area contributed by atoms with E-state index in [1.165, 1.54) is 13.8 Å². The Labute approximate surface area is 70.0 Å². The first-order valence-corrected chi connectivity index (χ1v) is 3.21. The van der Waals surface area contributed by atoms with Gasteiger partial charge in [0.2, 0.25) is 0 Å². The lowest BCUT2D eigenvalue weighted by Crippen LogP contribution is -2.16. The quantitative estimate of drug-likeness (QED) is 0.593. The van der Waals surface area contributed by atoms with E-state index >= 15 is 0 Å². The van der Waals surface area contributed by atoms with Crippen LogP contribution in [0.2, 0.25) is 0 Å². The topological polar surface area (TPSA) is 91.7 Å². The Morgan fingerprint density at radius 3 is 1.33 bits per heavy atom. The third-order valence-electron chi connectivity index (χ3n) is 0.980. The summed E-state index contributed by atoms with van der Waals surface area (Å²) in [5.41, 5.74) is 0. The van der Waals surface area contributed by atoms with Crippen molar-refractivity contribution in [1.82, 2.24) is 0 Å². The van der Waals surface area contributed by atoms with Crippen LogP contribution < -0.4 is 0 Å². The number of hydrogen-bond acceptors (Lipinski definition) is 3. The van der Waals surface area contributed by atoms with Crippen molar-refractivity contribution in [3.05, 3.63) is 0 Å². The Morgan fingerprint density at radius 1 is 1.08 bits per heavy atom. The summed E-state index contributed by atoms with van der Waals surface area (Å²) < 4.78 is 0. The van der Waals surface area contributed by atoms with Crippen LogP contribution in [0.1, 0.15) is 20.8 Å². The Kier molecular flexibility index (Phi) is 6.97. The lowest BCUT2D eigenvalue weighted by Gasteiger charge is -1.96. The molecule has 0 spiro atoms. The second-order valence-corrected chi connectivity index (χ2v) is 2.19. The van der Waals surface area contributed by atoms with Crippen molar-refractivity contribution >= 4 is 17.7 Å². The van der Waals surface area contributed by atoms with Crippen molar-refractivity contribution in [2.75, 3.05) is 0 Å². The summed E-state index contributed by atoms with van der Waals surface area (Å²) >= 11 is 0. The maximum atomic E-state index is 10.2. The molecule has 5 heteroatoms. The number of rotatable bonds is 2. The van der Waals surface area contributed by atoms with Gasteiger partial charge < -0.3 is 10.2 Å². The van der Waals surface area contributed by atoms with E-state index in [1.54, 1.807) is 0 Å². The zero-order valence-electron chi connectivity index (χ0n) is 7.20. The van der Waals surface area contributed by atoms with E-state index in [4.69, 9.17) is 15.0 Å². The van der Waals surface area contributed by atoms with Crippen LogP contribution in [0.15, 0.2) is 0 Å². The molecule has 0 aliphatic heterocycles. The molecule has 0 heterocycles. The SMILES string of the molecule is CC(=O)C(C)C(=O)O.CC(=O)O. The minimum absolute atomic E-state index is 0.308. The molecule has 0 bridgehead atoms. The van der Waals surface area contributed by atoms with Crippen molar-refractivity contribution in [2.24, 2.45) is 5.92 Å². The van der Waals surface area contributed by atoms with Crippen LogP contribution in [0, 0.1) is 5.92 Å². The van der Waals surface area contributed by atoms with Crippen LogP contribution in [0.25, 0.3) is 0 Å². The monoisotopic (exact) mass is 176 g/mol. The lowest BCUT2D eigenvalue weighted by molar-refractivity contribution is -0.145. The second kappa shape index (κ2) is 6.33. The zero-order valence-corrected chi connectivity index (χ0v) is 7.20. The molecule has 70 valence electrons. The molecule has 12 heavy (non-hydrogen) atoms. The molecule has 0 saturated carbocycles. The minimum atomic E-state index is -1.06. The number of carboxylic acids is 2. The number of carbonyl (C=O) groups excluding carboxylic acids is 1. The molecule has 0 aromatic heterocycles. The highest BCUT2D eigenvalue weighted by Crippen LogP contribution is 1.93. The van der Waals surface area contributed by atoms with E-state index in [1.807, 2.05) is 0 Å². The normalized spacial score (nSPS) is 10.6. The van der Waals surface area contributed by atoms with Crippen LogP contribution in [0.4, 0.5) is 0 Å². The van der Waals surface area contributed by atoms with Crippen LogP contribution in [0.5, 0.6) is 0 Å². The van der Waals surface area contributed by atoms with Gasteiger partial charge in [0, 0.05) is 6.92 Å². The van der Waals surface area contributed by atoms with Crippen LogP contribution in [-0.2, 0) is 14.4 Å². The molecule has 0 amide bonds. The predicted octanol–water partition coefficient (Wildman–Crippen LogP) is 0.387. The fourth-order valence-corrected chi connectivity index (χ4v) is 0.174. The molecule has 2 N–H and O–H groups in total. The minimum Gasteiger partial charge on any atom is -0.481 e. The third-order valence-corrected chi connectivity index (χ3v) is 0.980. The Balaban J connectivity index is 0. The molecule has 1 atom stereocenters. The highest BCUT2D eigenvalue weighted by Gasteiger charge is 2.14. The molecule has 0 aromatic rings. The van der Waals surface area contributed by atoms with Crippen LogP contribution >= 0.6 is 0 Å². The second-order valence-electron chi connectivity index (χ2n) is 2.19. The Bertz CT molecular complexity index is 166. The first-order chi connectivity index (χ1) is 5.29. The lowest BCUT2D eigenvalue weighted by atomic mass is 10.1. The molecule has 1 unspecified atom stereocenters. The van der Waals surface area contributed by atoms with E-state index in [-0.39, 0.29) is 5.78 Å². The van der Waals surface area contributed by atoms with Gasteiger partial charge >= 0.3 is 5.97 Å². The number of hydrogen-bond donors (Lipinski definition) is 2. The van der Waals surface area contributed by atoms with Crippen molar-refractivity contribution in [1.29, 1.82) is 0 Å². The molecule has 0 saturated heterocycles. The fourth-order valence-electron chi connectivity index (χ4n) is 0.174. The van der Waals surface area contributed by atoms with Crippen molar-refractivity contribution < 1.29 is 24.6 Å². The first-order valence-electron chi connectivity index (χ1n) is 3.21. The van der Waals surface area contributed by atoms with Gasteiger partial charge in [-0.05, 0) is 13.8 Å². The maximum Gasteiger partial charge on any atom is 0.313 e. The number of ketones is 1. The van der Waals surface area contributed by atoms with E-state index in [0.717, 1.165) is 6.92 Å². The van der Waals surface area contributed by atoms with Crippen molar-refractivity contribution in [3.63, 3.8) is 0 Å². The third kappa shape index (κ3) is 11.4. The number of carbonyl (C=O) groups is 3. The van der Waals surface area contributed by atoms with E-state index in [9.17, 15) is 9.59 Å². The molecule has 0 fully saturated rings. The highest BCUT2D eigenvalue weighted by atomic mass is 16.4. The summed E-state index contributed by atoms with van der Waals surface area (Å²) in [7, 11) is 0. The molecule has 0 radical (unpaired) electrons. The molecule has 0 aromatic carbocycles. The average molecular weight is 176 g/mol. The summed E-state index contributed by atoms with van der Waals surface area (Å²) in [6.07, 6.45) is 0. The highest BCUT2D eigenvalue weighted by molar-refractivity contribution is 5.96. The van der Waals surface area contributed by atoms with Gasteiger partial charge in [0.1, 0.15) is 11.7 Å². The summed E-state index contributed by atoms with van der Waals surface area (Å²) in [4.78, 5) is 29.1. The molecule has 0 aliphatic rings. The number of Topliss-reactive ketones (excluding diaryl/α,β-unsaturated/α-hetero) is 1. The van der Waals surface area contributed by atoms with Gasteiger partial charge in [-0.25, -0.2) is 0 Å². The fraction of sp³-hybridized carbons (Fsp3) is 0.571. The number of aliphatic carboxylic acids is 2. The molecule has 0 rings (SSSR count). The number of carboxylic acid groups (broad SMARTS) is 2. The van der Waals surface area contributed by atoms with Crippen LogP contribution in [0.3, 0.4) is 0 Å². The first kappa shape index (κ1) is 13.2. The predicted molar refractivity (Wildman–Crippen MR) is 40.8 cm³/mol. The van der Waals surface area contributed by atoms with E-state index in [0.29, 0.717) is 0 Å². The van der Waals surface area contributed by atoms with E-state index < -0.39 is 17.9 Å². The van der Waals surface area contributed by atoms with Gasteiger partial charge in [0.15, 0.2) is 0 Å². The summed E-state index contributed by atoms with van der Waals surface area (Å²) in [6.45, 7) is 3.71. The van der Waals surface area contributed by atoms with Gasteiger partial charge in [-0.15, -0.1) is 0 Å². The average Bonchev–Trinajstić information content (AvgIpc) is 1.84. The summed E-state index contributed by atoms with van der Waals surface area (Å²) in [5.74, 6) is -3.05. The molecule has 5 nitrogen and oxygen atoms in total. The molecular weight excluding hydrogens is 164 g/mol. The van der Waals surface area contributed by atoms with Crippen molar-refractivity contribution in [3.8, 4) is 0 Å². The van der Waals surface area contributed by atoms with Gasteiger partial charge in [-0.3, -0.25) is 14.4 Å². The van der Waals surface area contributed by atoms with E-state index in [2.05, 4.69) is 0 Å². The molecule has 0 aliphatic carbocycles.